The number of ether oxygens (including phenoxy) is 2. The third-order valence-electron chi connectivity index (χ3n) is 16.8. The van der Waals surface area contributed by atoms with E-state index in [0.717, 1.165) is 79.0 Å². The lowest BCUT2D eigenvalue weighted by Gasteiger charge is -2.39. The van der Waals surface area contributed by atoms with Crippen LogP contribution in [0.5, 0.6) is 23.0 Å². The lowest BCUT2D eigenvalue weighted by molar-refractivity contribution is 0.436. The van der Waals surface area contributed by atoms with E-state index in [1.807, 2.05) is 0 Å². The Morgan fingerprint density at radius 3 is 1.13 bits per heavy atom. The Hall–Kier alpha value is -9.96. The molecule has 2 aliphatic heterocycles. The second-order valence-electron chi connectivity index (χ2n) is 20.6. The maximum absolute atomic E-state index is 6.74. The van der Waals surface area contributed by atoms with E-state index in [-0.39, 0.29) is 0 Å². The van der Waals surface area contributed by atoms with Crippen LogP contribution in [0.1, 0.15) is 44.5 Å². The molecular weight excluding hydrogens is 935 g/mol. The van der Waals surface area contributed by atoms with Crippen molar-refractivity contribution < 1.29 is 9.47 Å². The summed E-state index contributed by atoms with van der Waals surface area (Å²) in [6.07, 6.45) is 0. The summed E-state index contributed by atoms with van der Waals surface area (Å²) in [6.45, 7) is 0. The third kappa shape index (κ3) is 6.26. The van der Waals surface area contributed by atoms with E-state index in [4.69, 9.17) is 9.47 Å². The van der Waals surface area contributed by atoms with Crippen LogP contribution in [0.15, 0.2) is 285 Å². The largest absolute Gasteiger partial charge is 0.457 e. The fourth-order valence-corrected chi connectivity index (χ4v) is 13.6. The van der Waals surface area contributed by atoms with E-state index in [1.165, 1.54) is 61.2 Å². The van der Waals surface area contributed by atoms with Crippen LogP contribution in [0.25, 0.3) is 55.6 Å². The third-order valence-corrected chi connectivity index (χ3v) is 16.8. The predicted octanol–water partition coefficient (Wildman–Crippen LogP) is 19.1. The van der Waals surface area contributed by atoms with Crippen molar-refractivity contribution in [3.05, 3.63) is 330 Å². The molecule has 2 heterocycles. The summed E-state index contributed by atoms with van der Waals surface area (Å²) in [5.41, 5.74) is 23.7. The Labute approximate surface area is 448 Å². The molecule has 0 saturated heterocycles. The Morgan fingerprint density at radius 1 is 0.208 bits per heavy atom. The van der Waals surface area contributed by atoms with Gasteiger partial charge in [-0.1, -0.05) is 218 Å². The SMILES string of the molecule is c1ccc(-c2ccc(-c3ccc(N(c4cccc(-c5ccc6c(c5)-c5ccccc5C65c6ccccc6Oc6ccccc65)c4)c4ccc5c(c4)C4(c6ccccc6Oc6ccccc64)c4ccccc4-5)cc3)cc2)cc1. The first-order valence-electron chi connectivity index (χ1n) is 26.6. The number of anilines is 3. The van der Waals surface area contributed by atoms with E-state index in [9.17, 15) is 0 Å². The van der Waals surface area contributed by atoms with Crippen LogP contribution in [-0.4, -0.2) is 0 Å². The Kier molecular flexibility index (Phi) is 9.47. The molecule has 4 aliphatic rings. The monoisotopic (exact) mass is 981 g/mol. The summed E-state index contributed by atoms with van der Waals surface area (Å²) in [5.74, 6) is 3.55. The van der Waals surface area contributed by atoms with Crippen molar-refractivity contribution in [1.29, 1.82) is 0 Å². The standard InChI is InChI=1S/C74H47NO2/c1-2-17-48(18-3-1)49-33-35-50(36-34-49)51-37-40-54(41-38-51)75(56-42-43-59-57-21-4-6-23-61(57)74(68(59)47-56)66-27-10-14-31-71(66)77-72-32-15-11-28-67(72)74)55-20-16-19-52(45-55)53-39-44-63-60(46-53)58-22-5-7-24-62(58)73(63)64-25-8-12-29-69(64)76-70-30-13-9-26-65(70)73/h1-47H. The minimum absolute atomic E-state index is 0.527. The maximum atomic E-state index is 6.74. The van der Waals surface area contributed by atoms with Crippen LogP contribution in [0.4, 0.5) is 17.1 Å². The molecule has 0 N–H and O–H groups in total. The molecular formula is C74H47NO2. The zero-order chi connectivity index (χ0) is 50.7. The molecule has 2 spiro atoms. The highest BCUT2D eigenvalue weighted by Gasteiger charge is 2.52. The van der Waals surface area contributed by atoms with E-state index in [0.29, 0.717) is 0 Å². The van der Waals surface area contributed by atoms with Gasteiger partial charge in [0.2, 0.25) is 0 Å². The fraction of sp³-hybridized carbons (Fsp3) is 0.0270. The fourth-order valence-electron chi connectivity index (χ4n) is 13.6. The van der Waals surface area contributed by atoms with Crippen molar-refractivity contribution >= 4 is 17.1 Å². The Balaban J connectivity index is 0.868. The minimum Gasteiger partial charge on any atom is -0.457 e. The number of nitrogens with zero attached hydrogens (tertiary/aromatic N) is 1. The molecule has 0 atom stereocenters. The summed E-state index contributed by atoms with van der Waals surface area (Å²) < 4.78 is 13.4. The number of hydrogen-bond acceptors (Lipinski definition) is 3. The highest BCUT2D eigenvalue weighted by atomic mass is 16.5. The molecule has 12 aromatic rings. The first kappa shape index (κ1) is 43.4. The van der Waals surface area contributed by atoms with Crippen molar-refractivity contribution in [2.45, 2.75) is 10.8 Å². The van der Waals surface area contributed by atoms with Gasteiger partial charge in [-0.3, -0.25) is 0 Å². The summed E-state index contributed by atoms with van der Waals surface area (Å²) in [5, 5.41) is 0. The van der Waals surface area contributed by atoms with Crippen molar-refractivity contribution in [2.24, 2.45) is 0 Å². The van der Waals surface area contributed by atoms with Crippen LogP contribution in [-0.2, 0) is 10.8 Å². The molecule has 0 unspecified atom stereocenters. The highest BCUT2D eigenvalue weighted by Crippen LogP contribution is 2.64. The van der Waals surface area contributed by atoms with Crippen LogP contribution >= 0.6 is 0 Å². The molecule has 0 bridgehead atoms. The van der Waals surface area contributed by atoms with Gasteiger partial charge in [0.1, 0.15) is 23.0 Å². The summed E-state index contributed by atoms with van der Waals surface area (Å²) in [7, 11) is 0. The van der Waals surface area contributed by atoms with Crippen LogP contribution in [0.2, 0.25) is 0 Å². The zero-order valence-corrected chi connectivity index (χ0v) is 41.9. The van der Waals surface area contributed by atoms with Crippen molar-refractivity contribution in [2.75, 3.05) is 4.90 Å². The maximum Gasteiger partial charge on any atom is 0.132 e. The van der Waals surface area contributed by atoms with E-state index >= 15 is 0 Å². The van der Waals surface area contributed by atoms with Gasteiger partial charge in [-0.15, -0.1) is 0 Å². The van der Waals surface area contributed by atoms with Gasteiger partial charge < -0.3 is 14.4 Å². The van der Waals surface area contributed by atoms with Crippen LogP contribution < -0.4 is 14.4 Å². The normalized spacial score (nSPS) is 13.9. The van der Waals surface area contributed by atoms with Crippen molar-refractivity contribution in [1.82, 2.24) is 0 Å². The van der Waals surface area contributed by atoms with Gasteiger partial charge in [0.25, 0.3) is 0 Å². The molecule has 360 valence electrons. The van der Waals surface area contributed by atoms with Gasteiger partial charge >= 0.3 is 0 Å². The first-order valence-corrected chi connectivity index (χ1v) is 26.6. The molecule has 3 nitrogen and oxygen atoms in total. The summed E-state index contributed by atoms with van der Waals surface area (Å²) >= 11 is 0. The zero-order valence-electron chi connectivity index (χ0n) is 41.9. The first-order chi connectivity index (χ1) is 38.2. The van der Waals surface area contributed by atoms with Gasteiger partial charge in [0, 0.05) is 39.3 Å². The van der Waals surface area contributed by atoms with Crippen LogP contribution in [0, 0.1) is 0 Å². The lowest BCUT2D eigenvalue weighted by Crippen LogP contribution is -2.32. The van der Waals surface area contributed by atoms with E-state index < -0.39 is 10.8 Å². The number of rotatable bonds is 6. The molecule has 0 amide bonds. The topological polar surface area (TPSA) is 21.7 Å². The molecule has 0 aromatic heterocycles. The van der Waals surface area contributed by atoms with Gasteiger partial charge in [0.15, 0.2) is 0 Å². The minimum atomic E-state index is -0.611. The highest BCUT2D eigenvalue weighted by molar-refractivity contribution is 5.94. The predicted molar refractivity (Wildman–Crippen MR) is 312 cm³/mol. The molecule has 2 aliphatic carbocycles. The van der Waals surface area contributed by atoms with Crippen molar-refractivity contribution in [3.63, 3.8) is 0 Å². The summed E-state index contributed by atoms with van der Waals surface area (Å²) in [4.78, 5) is 2.44. The smallest absolute Gasteiger partial charge is 0.132 e. The second kappa shape index (κ2) is 16.8. The Bertz CT molecular complexity index is 4250. The van der Waals surface area contributed by atoms with Gasteiger partial charge in [-0.25, -0.2) is 0 Å². The Morgan fingerprint density at radius 2 is 0.571 bits per heavy atom. The van der Waals surface area contributed by atoms with E-state index in [2.05, 4.69) is 290 Å². The molecule has 3 heteroatoms. The van der Waals surface area contributed by atoms with Crippen LogP contribution in [0.3, 0.4) is 0 Å². The molecule has 0 fully saturated rings. The summed E-state index contributed by atoms with van der Waals surface area (Å²) in [6, 6.07) is 104. The average Bonchev–Trinajstić information content (AvgIpc) is 4.00. The number of fused-ring (bicyclic) bond motifs is 18. The number of benzene rings is 12. The van der Waals surface area contributed by atoms with Crippen molar-refractivity contribution in [3.8, 4) is 78.6 Å². The van der Waals surface area contributed by atoms with Gasteiger partial charge in [-0.05, 0) is 145 Å². The molecule has 12 aromatic carbocycles. The number of para-hydroxylation sites is 4. The second-order valence-corrected chi connectivity index (χ2v) is 20.6. The quantitative estimate of drug-likeness (QED) is 0.166. The molecule has 77 heavy (non-hydrogen) atoms. The average molecular weight is 982 g/mol. The lowest BCUT2D eigenvalue weighted by atomic mass is 9.66. The van der Waals surface area contributed by atoms with E-state index in [1.54, 1.807) is 0 Å². The number of hydrogen-bond donors (Lipinski definition) is 0. The molecule has 0 radical (unpaired) electrons. The van der Waals surface area contributed by atoms with Gasteiger partial charge in [-0.2, -0.15) is 0 Å². The molecule has 16 rings (SSSR count). The molecule has 0 saturated carbocycles. The van der Waals surface area contributed by atoms with Gasteiger partial charge in [0.05, 0.1) is 10.8 Å².